The minimum Gasteiger partial charge on any atom is -0.460 e. The Morgan fingerprint density at radius 1 is 1.40 bits per heavy atom. The summed E-state index contributed by atoms with van der Waals surface area (Å²) in [7, 11) is 0. The van der Waals surface area contributed by atoms with Crippen LogP contribution in [0.5, 0.6) is 0 Å². The molecule has 2 aromatic rings. The molecule has 1 heterocycles. The number of H-pyrrole nitrogens is 1. The molecular formula is C12H10ClF2N3O2. The van der Waals surface area contributed by atoms with Crippen molar-refractivity contribution in [3.63, 3.8) is 0 Å². The van der Waals surface area contributed by atoms with Crippen LogP contribution in [0.3, 0.4) is 0 Å². The molecule has 8 heteroatoms. The lowest BCUT2D eigenvalue weighted by molar-refractivity contribution is 0.0512. The number of hydrogen-bond donors (Lipinski definition) is 1. The van der Waals surface area contributed by atoms with Gasteiger partial charge in [0.15, 0.2) is 0 Å². The minimum atomic E-state index is -0.860. The molecule has 0 amide bonds. The number of esters is 1. The van der Waals surface area contributed by atoms with Crippen molar-refractivity contribution in [3.8, 4) is 0 Å². The predicted octanol–water partition coefficient (Wildman–Crippen LogP) is 2.50. The zero-order chi connectivity index (χ0) is 14.7. The van der Waals surface area contributed by atoms with Crippen LogP contribution in [0.25, 0.3) is 0 Å². The number of halogens is 3. The van der Waals surface area contributed by atoms with Crippen LogP contribution in [0.15, 0.2) is 12.1 Å². The van der Waals surface area contributed by atoms with Gasteiger partial charge in [-0.25, -0.2) is 13.6 Å². The van der Waals surface area contributed by atoms with E-state index in [9.17, 15) is 13.6 Å². The maximum Gasteiger partial charge on any atom is 0.376 e. The summed E-state index contributed by atoms with van der Waals surface area (Å²) in [5.41, 5.74) is 0.142. The Bertz CT molecular complexity index is 646. The van der Waals surface area contributed by atoms with E-state index in [0.29, 0.717) is 0 Å². The van der Waals surface area contributed by atoms with Gasteiger partial charge in [0.05, 0.1) is 6.61 Å². The maximum absolute atomic E-state index is 13.7. The van der Waals surface area contributed by atoms with Gasteiger partial charge in [-0.05, 0) is 18.6 Å². The maximum atomic E-state index is 13.7. The number of benzene rings is 1. The van der Waals surface area contributed by atoms with E-state index in [1.807, 2.05) is 0 Å². The van der Waals surface area contributed by atoms with E-state index in [0.717, 1.165) is 6.07 Å². The molecule has 0 aliphatic heterocycles. The molecule has 0 unspecified atom stereocenters. The van der Waals surface area contributed by atoms with Crippen LogP contribution in [0, 0.1) is 11.6 Å². The number of hydrogen-bond acceptors (Lipinski definition) is 4. The molecule has 0 aliphatic rings. The van der Waals surface area contributed by atoms with Crippen LogP contribution >= 0.6 is 11.6 Å². The molecule has 0 radical (unpaired) electrons. The first-order valence-electron chi connectivity index (χ1n) is 5.74. The summed E-state index contributed by atoms with van der Waals surface area (Å²) < 4.78 is 31.5. The Morgan fingerprint density at radius 3 is 2.85 bits per heavy atom. The topological polar surface area (TPSA) is 67.9 Å². The molecule has 1 aromatic heterocycles. The van der Waals surface area contributed by atoms with E-state index in [4.69, 9.17) is 16.3 Å². The molecule has 0 spiro atoms. The second kappa shape index (κ2) is 5.96. The number of carbonyl (C=O) groups is 1. The van der Waals surface area contributed by atoms with Crippen molar-refractivity contribution in [2.24, 2.45) is 0 Å². The highest BCUT2D eigenvalue weighted by Gasteiger charge is 2.16. The molecule has 0 saturated heterocycles. The van der Waals surface area contributed by atoms with Gasteiger partial charge in [0.1, 0.15) is 22.5 Å². The highest BCUT2D eigenvalue weighted by Crippen LogP contribution is 2.23. The molecule has 0 atom stereocenters. The number of aromatic nitrogens is 3. The van der Waals surface area contributed by atoms with Gasteiger partial charge in [0.25, 0.3) is 0 Å². The fraction of sp³-hybridized carbons (Fsp3) is 0.250. The first-order valence-corrected chi connectivity index (χ1v) is 6.11. The van der Waals surface area contributed by atoms with Gasteiger partial charge < -0.3 is 9.72 Å². The number of aromatic amines is 1. The van der Waals surface area contributed by atoms with Crippen molar-refractivity contribution in [1.82, 2.24) is 15.2 Å². The van der Waals surface area contributed by atoms with Gasteiger partial charge in [0.2, 0.25) is 5.82 Å². The van der Waals surface area contributed by atoms with Crippen LogP contribution in [-0.4, -0.2) is 27.8 Å². The van der Waals surface area contributed by atoms with Gasteiger partial charge in [-0.2, -0.15) is 0 Å². The Kier molecular flexibility index (Phi) is 4.29. The first-order chi connectivity index (χ1) is 9.52. The molecule has 20 heavy (non-hydrogen) atoms. The van der Waals surface area contributed by atoms with E-state index in [1.54, 1.807) is 6.92 Å². The summed E-state index contributed by atoms with van der Waals surface area (Å²) >= 11 is 5.48. The molecule has 0 bridgehead atoms. The quantitative estimate of drug-likeness (QED) is 0.696. The van der Waals surface area contributed by atoms with E-state index in [2.05, 4.69) is 15.2 Å². The minimum absolute atomic E-state index is 0.00175. The lowest BCUT2D eigenvalue weighted by Gasteiger charge is -2.03. The van der Waals surface area contributed by atoms with Gasteiger partial charge in [-0.3, -0.25) is 0 Å². The lowest BCUT2D eigenvalue weighted by Crippen LogP contribution is -2.06. The summed E-state index contributed by atoms with van der Waals surface area (Å²) in [4.78, 5) is 14.0. The summed E-state index contributed by atoms with van der Waals surface area (Å²) in [5.74, 6) is -2.17. The average Bonchev–Trinajstić information content (AvgIpc) is 2.88. The predicted molar refractivity (Wildman–Crippen MR) is 66.5 cm³/mol. The smallest absolute Gasteiger partial charge is 0.376 e. The van der Waals surface area contributed by atoms with Crippen molar-refractivity contribution >= 4 is 17.6 Å². The van der Waals surface area contributed by atoms with Gasteiger partial charge in [0, 0.05) is 6.42 Å². The number of nitrogens with zero attached hydrogens (tertiary/aromatic N) is 2. The largest absolute Gasteiger partial charge is 0.460 e. The highest BCUT2D eigenvalue weighted by molar-refractivity contribution is 6.30. The molecule has 1 N–H and O–H groups in total. The van der Waals surface area contributed by atoms with E-state index in [-0.39, 0.29) is 30.2 Å². The van der Waals surface area contributed by atoms with Gasteiger partial charge in [-0.1, -0.05) is 17.7 Å². The average molecular weight is 302 g/mol. The normalized spacial score (nSPS) is 10.6. The summed E-state index contributed by atoms with van der Waals surface area (Å²) in [6.45, 7) is 1.86. The first kappa shape index (κ1) is 14.4. The summed E-state index contributed by atoms with van der Waals surface area (Å²) in [5, 5.41) is 6.71. The molecule has 0 fully saturated rings. The third kappa shape index (κ3) is 2.93. The van der Waals surface area contributed by atoms with Crippen molar-refractivity contribution in [3.05, 3.63) is 46.0 Å². The monoisotopic (exact) mass is 301 g/mol. The third-order valence-electron chi connectivity index (χ3n) is 2.48. The van der Waals surface area contributed by atoms with Crippen molar-refractivity contribution in [2.45, 2.75) is 13.3 Å². The molecular weight excluding hydrogens is 292 g/mol. The van der Waals surface area contributed by atoms with Crippen molar-refractivity contribution in [1.29, 1.82) is 0 Å². The Balaban J connectivity index is 2.19. The van der Waals surface area contributed by atoms with Crippen LogP contribution in [0.2, 0.25) is 5.02 Å². The Morgan fingerprint density at radius 2 is 2.15 bits per heavy atom. The van der Waals surface area contributed by atoms with Crippen LogP contribution in [0.1, 0.15) is 28.9 Å². The summed E-state index contributed by atoms with van der Waals surface area (Å²) in [6.07, 6.45) is -0.00175. The van der Waals surface area contributed by atoms with E-state index in [1.165, 1.54) is 6.07 Å². The Hall–Kier alpha value is -2.02. The van der Waals surface area contributed by atoms with Crippen molar-refractivity contribution < 1.29 is 18.3 Å². The summed E-state index contributed by atoms with van der Waals surface area (Å²) in [6, 6.07) is 2.31. The second-order valence-electron chi connectivity index (χ2n) is 3.85. The second-order valence-corrected chi connectivity index (χ2v) is 4.23. The SMILES string of the molecule is CCOC(=O)c1nnc(Cc2ccc(F)c(Cl)c2F)[nH]1. The fourth-order valence-corrected chi connectivity index (χ4v) is 1.74. The standard InChI is InChI=1S/C12H10ClF2N3O2/c1-2-20-12(19)11-16-8(17-18-11)5-6-3-4-7(14)9(13)10(6)15/h3-4H,2,5H2,1H3,(H,16,17,18). The molecule has 2 rings (SSSR count). The zero-order valence-corrected chi connectivity index (χ0v) is 11.2. The molecule has 0 aliphatic carbocycles. The molecule has 1 aromatic carbocycles. The molecule has 106 valence electrons. The fourth-order valence-electron chi connectivity index (χ4n) is 1.55. The third-order valence-corrected chi connectivity index (χ3v) is 2.82. The van der Waals surface area contributed by atoms with Gasteiger partial charge in [-0.15, -0.1) is 10.2 Å². The molecule has 5 nitrogen and oxygen atoms in total. The number of carbonyl (C=O) groups excluding carboxylic acids is 1. The zero-order valence-electron chi connectivity index (χ0n) is 10.4. The number of ether oxygens (including phenoxy) is 1. The highest BCUT2D eigenvalue weighted by atomic mass is 35.5. The van der Waals surface area contributed by atoms with E-state index < -0.39 is 22.6 Å². The number of nitrogens with one attached hydrogen (secondary N) is 1. The molecule has 0 saturated carbocycles. The lowest BCUT2D eigenvalue weighted by atomic mass is 10.1. The van der Waals surface area contributed by atoms with E-state index >= 15 is 0 Å². The Labute approximate surface area is 117 Å². The van der Waals surface area contributed by atoms with Gasteiger partial charge >= 0.3 is 5.97 Å². The van der Waals surface area contributed by atoms with Crippen LogP contribution in [-0.2, 0) is 11.2 Å². The van der Waals surface area contributed by atoms with Crippen molar-refractivity contribution in [2.75, 3.05) is 6.61 Å². The number of rotatable bonds is 4. The van der Waals surface area contributed by atoms with Crippen LogP contribution < -0.4 is 0 Å². The van der Waals surface area contributed by atoms with Crippen LogP contribution in [0.4, 0.5) is 8.78 Å².